The summed E-state index contributed by atoms with van der Waals surface area (Å²) in [6.45, 7) is 3.10. The first kappa shape index (κ1) is 23.0. The Morgan fingerprint density at radius 1 is 0.933 bits per heavy atom. The van der Waals surface area contributed by atoms with Gasteiger partial charge in [0.25, 0.3) is 0 Å². The molecule has 0 spiro atoms. The highest BCUT2D eigenvalue weighted by molar-refractivity contribution is 6.12. The van der Waals surface area contributed by atoms with Gasteiger partial charge >= 0.3 is 0 Å². The van der Waals surface area contributed by atoms with E-state index in [-0.39, 0.29) is 11.8 Å². The molecule has 156 valence electrons. The summed E-state index contributed by atoms with van der Waals surface area (Å²) < 4.78 is 0. The Labute approximate surface area is 179 Å². The largest absolute Gasteiger partial charge is 0.388 e. The van der Waals surface area contributed by atoms with Gasteiger partial charge in [0, 0.05) is 23.9 Å². The van der Waals surface area contributed by atoms with Crippen molar-refractivity contribution in [1.29, 1.82) is 0 Å². The second-order valence-corrected chi connectivity index (χ2v) is 6.98. The van der Waals surface area contributed by atoms with E-state index in [2.05, 4.69) is 29.7 Å². The lowest BCUT2D eigenvalue weighted by Crippen LogP contribution is -2.21. The lowest BCUT2D eigenvalue weighted by Gasteiger charge is -2.07. The molecule has 0 saturated carbocycles. The summed E-state index contributed by atoms with van der Waals surface area (Å²) >= 11 is 0. The number of aldehydes is 1. The van der Waals surface area contributed by atoms with Crippen molar-refractivity contribution in [2.45, 2.75) is 25.8 Å². The van der Waals surface area contributed by atoms with Gasteiger partial charge in [-0.2, -0.15) is 0 Å². The van der Waals surface area contributed by atoms with Crippen molar-refractivity contribution in [3.63, 3.8) is 0 Å². The van der Waals surface area contributed by atoms with Crippen LogP contribution in [-0.2, 0) is 4.79 Å². The van der Waals surface area contributed by atoms with E-state index in [1.807, 2.05) is 79.8 Å². The lowest BCUT2D eigenvalue weighted by atomic mass is 10.0. The molecule has 30 heavy (non-hydrogen) atoms. The molecular formula is C26H30N2O2. The first-order valence-corrected chi connectivity index (χ1v) is 10.2. The number of benzene rings is 3. The average molecular weight is 403 g/mol. The Balaban J connectivity index is 0.000000188. The van der Waals surface area contributed by atoms with Crippen LogP contribution in [0.25, 0.3) is 0 Å². The highest BCUT2D eigenvalue weighted by atomic mass is 16.1. The van der Waals surface area contributed by atoms with Crippen LogP contribution in [0.4, 0.5) is 5.69 Å². The zero-order valence-corrected chi connectivity index (χ0v) is 17.7. The maximum Gasteiger partial charge on any atom is 0.195 e. The van der Waals surface area contributed by atoms with E-state index in [9.17, 15) is 9.59 Å². The third kappa shape index (κ3) is 7.64. The monoisotopic (exact) mass is 402 g/mol. The van der Waals surface area contributed by atoms with Gasteiger partial charge < -0.3 is 15.4 Å². The summed E-state index contributed by atoms with van der Waals surface area (Å²) in [5.74, 6) is 0.0468. The number of para-hydroxylation sites is 1. The van der Waals surface area contributed by atoms with Crippen LogP contribution >= 0.6 is 0 Å². The predicted octanol–water partition coefficient (Wildman–Crippen LogP) is 4.89. The zero-order chi connectivity index (χ0) is 21.6. The first-order valence-electron chi connectivity index (χ1n) is 10.2. The fourth-order valence-corrected chi connectivity index (χ4v) is 3.01. The molecule has 2 N–H and O–H groups in total. The van der Waals surface area contributed by atoms with E-state index in [4.69, 9.17) is 0 Å². The third-order valence-electron chi connectivity index (χ3n) is 4.68. The van der Waals surface area contributed by atoms with Crippen LogP contribution in [0, 0.1) is 6.92 Å². The van der Waals surface area contributed by atoms with Crippen LogP contribution in [0.3, 0.4) is 0 Å². The molecule has 3 aromatic carbocycles. The maximum atomic E-state index is 12.2. The zero-order valence-electron chi connectivity index (χ0n) is 17.7. The van der Waals surface area contributed by atoms with Crippen molar-refractivity contribution < 1.29 is 9.59 Å². The molecule has 0 amide bonds. The number of aryl methyl sites for hydroxylation is 1. The third-order valence-corrected chi connectivity index (χ3v) is 4.68. The quantitative estimate of drug-likeness (QED) is 0.482. The number of nitrogens with one attached hydrogen (secondary N) is 2. The van der Waals surface area contributed by atoms with Gasteiger partial charge in [-0.05, 0) is 38.4 Å². The molecule has 0 bridgehead atoms. The van der Waals surface area contributed by atoms with Crippen molar-refractivity contribution in [3.8, 4) is 0 Å². The summed E-state index contributed by atoms with van der Waals surface area (Å²) in [6.07, 6.45) is 3.17. The molecule has 3 aromatic rings. The molecule has 0 aromatic heterocycles. The Hall–Kier alpha value is -3.24. The van der Waals surface area contributed by atoms with Crippen molar-refractivity contribution in [1.82, 2.24) is 5.32 Å². The molecular weight excluding hydrogens is 372 g/mol. The number of ketones is 1. The van der Waals surface area contributed by atoms with Crippen LogP contribution in [0.1, 0.15) is 34.3 Å². The molecule has 1 fully saturated rings. The molecule has 1 saturated heterocycles. The average Bonchev–Trinajstić information content (AvgIpc) is 3.35. The number of hydrogen-bond donors (Lipinski definition) is 2. The van der Waals surface area contributed by atoms with Crippen LogP contribution in [0.5, 0.6) is 0 Å². The SMILES string of the molecule is CNc1ccccc1C(=O)c1ccccc1.Cc1ccccc1.O=CC1CCCN1. The lowest BCUT2D eigenvalue weighted by molar-refractivity contribution is -0.109. The predicted molar refractivity (Wildman–Crippen MR) is 124 cm³/mol. The highest BCUT2D eigenvalue weighted by Gasteiger charge is 2.11. The Morgan fingerprint density at radius 3 is 2.00 bits per heavy atom. The summed E-state index contributed by atoms with van der Waals surface area (Å²) in [4.78, 5) is 22.1. The molecule has 1 aliphatic heterocycles. The molecule has 1 heterocycles. The van der Waals surface area contributed by atoms with Gasteiger partial charge in [0.2, 0.25) is 0 Å². The second kappa shape index (κ2) is 13.1. The maximum absolute atomic E-state index is 12.2. The summed E-state index contributed by atoms with van der Waals surface area (Å²) in [5.41, 5.74) is 3.60. The summed E-state index contributed by atoms with van der Waals surface area (Å²) in [5, 5.41) is 6.06. The highest BCUT2D eigenvalue weighted by Crippen LogP contribution is 2.18. The molecule has 4 rings (SSSR count). The molecule has 0 radical (unpaired) electrons. The molecule has 1 unspecified atom stereocenters. The van der Waals surface area contributed by atoms with Crippen molar-refractivity contribution in [3.05, 3.63) is 102 Å². The molecule has 4 heteroatoms. The van der Waals surface area contributed by atoms with Crippen LogP contribution in [-0.4, -0.2) is 31.7 Å². The van der Waals surface area contributed by atoms with Gasteiger partial charge in [0.1, 0.15) is 6.29 Å². The topological polar surface area (TPSA) is 58.2 Å². The number of rotatable bonds is 4. The van der Waals surface area contributed by atoms with Crippen LogP contribution in [0.15, 0.2) is 84.9 Å². The summed E-state index contributed by atoms with van der Waals surface area (Å²) in [7, 11) is 1.82. The molecule has 1 aliphatic rings. The van der Waals surface area contributed by atoms with Crippen molar-refractivity contribution in [2.75, 3.05) is 18.9 Å². The fourth-order valence-electron chi connectivity index (χ4n) is 3.01. The second-order valence-electron chi connectivity index (χ2n) is 6.98. The minimum Gasteiger partial charge on any atom is -0.388 e. The van der Waals surface area contributed by atoms with Gasteiger partial charge in [0.15, 0.2) is 5.78 Å². The Morgan fingerprint density at radius 2 is 1.53 bits per heavy atom. The van der Waals surface area contributed by atoms with Crippen molar-refractivity contribution in [2.24, 2.45) is 0 Å². The van der Waals surface area contributed by atoms with Crippen LogP contribution in [0.2, 0.25) is 0 Å². The van der Waals surface area contributed by atoms with Gasteiger partial charge in [-0.15, -0.1) is 0 Å². The smallest absolute Gasteiger partial charge is 0.195 e. The molecule has 4 nitrogen and oxygen atoms in total. The van der Waals surface area contributed by atoms with Crippen LogP contribution < -0.4 is 10.6 Å². The fraction of sp³-hybridized carbons (Fsp3) is 0.231. The Kier molecular flexibility index (Phi) is 10.0. The normalized spacial score (nSPS) is 14.4. The van der Waals surface area contributed by atoms with Gasteiger partial charge in [-0.3, -0.25) is 4.79 Å². The van der Waals surface area contributed by atoms with E-state index in [0.29, 0.717) is 11.1 Å². The first-order chi connectivity index (χ1) is 14.7. The van der Waals surface area contributed by atoms with Gasteiger partial charge in [-0.1, -0.05) is 78.4 Å². The van der Waals surface area contributed by atoms with Gasteiger partial charge in [-0.25, -0.2) is 0 Å². The van der Waals surface area contributed by atoms with Gasteiger partial charge in [0.05, 0.1) is 6.04 Å². The van der Waals surface area contributed by atoms with E-state index in [1.165, 1.54) is 5.56 Å². The minimum atomic E-state index is 0.0468. The number of carbonyl (C=O) groups excluding carboxylic acids is 2. The van der Waals surface area contributed by atoms with E-state index in [0.717, 1.165) is 31.4 Å². The van der Waals surface area contributed by atoms with E-state index >= 15 is 0 Å². The Bertz CT molecular complexity index is 889. The van der Waals surface area contributed by atoms with E-state index in [1.54, 1.807) is 0 Å². The number of anilines is 1. The number of hydrogen-bond acceptors (Lipinski definition) is 4. The molecule has 1 atom stereocenters. The number of carbonyl (C=O) groups is 2. The minimum absolute atomic E-state index is 0.0468. The van der Waals surface area contributed by atoms with Crippen molar-refractivity contribution >= 4 is 17.8 Å². The standard InChI is InChI=1S/C14H13NO.C7H8.C5H9NO/c1-15-13-10-6-5-9-12(13)14(16)11-7-3-2-4-8-11;1-7-5-3-2-4-6-7;7-4-5-2-1-3-6-5/h2-10,15H,1H3;2-6H,1H3;4-6H,1-3H2. The molecule has 0 aliphatic carbocycles. The summed E-state index contributed by atoms with van der Waals surface area (Å²) in [6, 6.07) is 27.2. The van der Waals surface area contributed by atoms with E-state index < -0.39 is 0 Å².